The van der Waals surface area contributed by atoms with Crippen LogP contribution in [0.25, 0.3) is 0 Å². The Hall–Kier alpha value is -0.340. The summed E-state index contributed by atoms with van der Waals surface area (Å²) in [6.07, 6.45) is 0.365. The van der Waals surface area contributed by atoms with Gasteiger partial charge < -0.3 is 10.5 Å². The Morgan fingerprint density at radius 1 is 1.55 bits per heavy atom. The first-order valence-electron chi connectivity index (χ1n) is 4.07. The van der Waals surface area contributed by atoms with Crippen LogP contribution < -0.4 is 5.73 Å². The smallest absolute Gasteiger partial charge is 0.113 e. The molecule has 0 spiro atoms. The van der Waals surface area contributed by atoms with Gasteiger partial charge in [0.1, 0.15) is 5.60 Å². The van der Waals surface area contributed by atoms with Crippen LogP contribution in [-0.4, -0.2) is 18.2 Å². The first kappa shape index (κ1) is 8.75. The molecule has 1 saturated heterocycles. The van der Waals surface area contributed by atoms with E-state index in [1.54, 1.807) is 0 Å². The predicted octanol–water partition coefficient (Wildman–Crippen LogP) is 1.46. The molecule has 2 N–H and O–H groups in total. The van der Waals surface area contributed by atoms with Crippen molar-refractivity contribution in [2.75, 3.05) is 6.54 Å². The van der Waals surface area contributed by atoms with Gasteiger partial charge >= 0.3 is 0 Å². The van der Waals surface area contributed by atoms with Crippen LogP contribution in [0, 0.1) is 0 Å². The van der Waals surface area contributed by atoms with E-state index in [4.69, 9.17) is 10.5 Å². The highest BCUT2D eigenvalue weighted by molar-refractivity contribution is 5.28. The van der Waals surface area contributed by atoms with Crippen molar-refractivity contribution < 1.29 is 4.74 Å². The summed E-state index contributed by atoms with van der Waals surface area (Å²) in [6, 6.07) is 0. The topological polar surface area (TPSA) is 38.5 Å². The van der Waals surface area contributed by atoms with Crippen LogP contribution >= 0.6 is 0 Å². The van der Waals surface area contributed by atoms with Gasteiger partial charge in [0.2, 0.25) is 0 Å². The molecule has 1 rings (SSSR count). The molecular weight excluding hydrogens is 138 g/mol. The lowest BCUT2D eigenvalue weighted by Gasteiger charge is -2.09. The maximum Gasteiger partial charge on any atom is 0.113 e. The van der Waals surface area contributed by atoms with E-state index in [1.165, 1.54) is 11.1 Å². The highest BCUT2D eigenvalue weighted by Gasteiger charge is 2.50. The van der Waals surface area contributed by atoms with Crippen LogP contribution in [0.1, 0.15) is 27.7 Å². The highest BCUT2D eigenvalue weighted by atomic mass is 16.6. The van der Waals surface area contributed by atoms with Crippen molar-refractivity contribution in [1.29, 1.82) is 0 Å². The molecule has 64 valence electrons. The zero-order valence-corrected chi connectivity index (χ0v) is 7.77. The summed E-state index contributed by atoms with van der Waals surface area (Å²) in [7, 11) is 0. The molecule has 0 aromatic carbocycles. The fraction of sp³-hybridized carbons (Fsp3) is 0.778. The summed E-state index contributed by atoms with van der Waals surface area (Å²) in [4.78, 5) is 0. The van der Waals surface area contributed by atoms with Crippen LogP contribution in [-0.2, 0) is 4.74 Å². The van der Waals surface area contributed by atoms with Crippen molar-refractivity contribution >= 4 is 0 Å². The molecular formula is C9H17NO. The molecule has 1 aliphatic heterocycles. The molecule has 0 saturated carbocycles. The lowest BCUT2D eigenvalue weighted by atomic mass is 9.95. The van der Waals surface area contributed by atoms with Crippen molar-refractivity contribution in [2.24, 2.45) is 5.73 Å². The first-order chi connectivity index (χ1) is 5.02. The maximum absolute atomic E-state index is 5.53. The Balaban J connectivity index is 2.76. The largest absolute Gasteiger partial charge is 0.362 e. The van der Waals surface area contributed by atoms with E-state index in [9.17, 15) is 0 Å². The van der Waals surface area contributed by atoms with Gasteiger partial charge in [-0.15, -0.1) is 0 Å². The SMILES string of the molecule is C/C(CN)=C(\C)C1(C)OC1C. The lowest BCUT2D eigenvalue weighted by Crippen LogP contribution is -2.14. The molecule has 0 aromatic rings. The molecule has 1 aliphatic rings. The van der Waals surface area contributed by atoms with E-state index < -0.39 is 0 Å². The van der Waals surface area contributed by atoms with Gasteiger partial charge in [-0.05, 0) is 33.3 Å². The molecule has 2 unspecified atom stereocenters. The maximum atomic E-state index is 5.53. The van der Waals surface area contributed by atoms with Crippen molar-refractivity contribution in [3.8, 4) is 0 Å². The summed E-state index contributed by atoms with van der Waals surface area (Å²) in [5.74, 6) is 0. The molecule has 0 radical (unpaired) electrons. The van der Waals surface area contributed by atoms with E-state index in [0.717, 1.165) is 0 Å². The monoisotopic (exact) mass is 155 g/mol. The Bertz CT molecular complexity index is 198. The molecule has 1 fully saturated rings. The number of ether oxygens (including phenoxy) is 1. The van der Waals surface area contributed by atoms with Crippen LogP contribution in [0.3, 0.4) is 0 Å². The van der Waals surface area contributed by atoms with E-state index in [-0.39, 0.29) is 5.60 Å². The third-order valence-corrected chi connectivity index (χ3v) is 2.83. The second-order valence-corrected chi connectivity index (χ2v) is 3.48. The predicted molar refractivity (Wildman–Crippen MR) is 46.4 cm³/mol. The van der Waals surface area contributed by atoms with Gasteiger partial charge in [0.25, 0.3) is 0 Å². The number of nitrogens with two attached hydrogens (primary N) is 1. The summed E-state index contributed by atoms with van der Waals surface area (Å²) in [5, 5.41) is 0. The van der Waals surface area contributed by atoms with E-state index >= 15 is 0 Å². The molecule has 1 heterocycles. The minimum atomic E-state index is -0.0105. The zero-order valence-electron chi connectivity index (χ0n) is 7.77. The number of epoxide rings is 1. The molecule has 2 atom stereocenters. The van der Waals surface area contributed by atoms with Crippen molar-refractivity contribution in [3.05, 3.63) is 11.1 Å². The van der Waals surface area contributed by atoms with E-state index in [0.29, 0.717) is 12.6 Å². The second kappa shape index (κ2) is 2.61. The number of rotatable bonds is 2. The molecule has 0 bridgehead atoms. The van der Waals surface area contributed by atoms with Gasteiger partial charge in [-0.1, -0.05) is 5.57 Å². The van der Waals surface area contributed by atoms with Gasteiger partial charge in [-0.2, -0.15) is 0 Å². The first-order valence-corrected chi connectivity index (χ1v) is 4.07. The average Bonchev–Trinajstić information content (AvgIpc) is 2.58. The highest BCUT2D eigenvalue weighted by Crippen LogP contribution is 2.42. The van der Waals surface area contributed by atoms with E-state index in [2.05, 4.69) is 27.7 Å². The number of hydrogen-bond acceptors (Lipinski definition) is 2. The summed E-state index contributed by atoms with van der Waals surface area (Å²) in [6.45, 7) is 9.01. The van der Waals surface area contributed by atoms with E-state index in [1.807, 2.05) is 0 Å². The van der Waals surface area contributed by atoms with Gasteiger partial charge in [0, 0.05) is 6.54 Å². The molecule has 2 heteroatoms. The summed E-state index contributed by atoms with van der Waals surface area (Å²) < 4.78 is 5.48. The van der Waals surface area contributed by atoms with Crippen LogP contribution in [0.2, 0.25) is 0 Å². The van der Waals surface area contributed by atoms with Crippen molar-refractivity contribution in [2.45, 2.75) is 39.4 Å². The molecule has 11 heavy (non-hydrogen) atoms. The Labute approximate surface area is 68.4 Å². The fourth-order valence-electron chi connectivity index (χ4n) is 1.30. The lowest BCUT2D eigenvalue weighted by molar-refractivity contribution is 0.338. The van der Waals surface area contributed by atoms with Crippen molar-refractivity contribution in [3.63, 3.8) is 0 Å². The molecule has 2 nitrogen and oxygen atoms in total. The summed E-state index contributed by atoms with van der Waals surface area (Å²) >= 11 is 0. The van der Waals surface area contributed by atoms with Crippen LogP contribution in [0.5, 0.6) is 0 Å². The molecule has 0 aliphatic carbocycles. The molecule has 0 aromatic heterocycles. The third-order valence-electron chi connectivity index (χ3n) is 2.83. The minimum absolute atomic E-state index is 0.0105. The minimum Gasteiger partial charge on any atom is -0.362 e. The average molecular weight is 155 g/mol. The molecule has 0 amide bonds. The quantitative estimate of drug-likeness (QED) is 0.484. The Morgan fingerprint density at radius 3 is 2.27 bits per heavy atom. The zero-order chi connectivity index (χ0) is 8.65. The van der Waals surface area contributed by atoms with Crippen LogP contribution in [0.15, 0.2) is 11.1 Å². The summed E-state index contributed by atoms with van der Waals surface area (Å²) in [5.41, 5.74) is 8.06. The van der Waals surface area contributed by atoms with Crippen molar-refractivity contribution in [1.82, 2.24) is 0 Å². The van der Waals surface area contributed by atoms with Crippen LogP contribution in [0.4, 0.5) is 0 Å². The Kier molecular flexibility index (Phi) is 2.08. The Morgan fingerprint density at radius 2 is 2.00 bits per heavy atom. The number of hydrogen-bond donors (Lipinski definition) is 1. The van der Waals surface area contributed by atoms with Gasteiger partial charge in [0.15, 0.2) is 0 Å². The third kappa shape index (κ3) is 1.33. The fourth-order valence-corrected chi connectivity index (χ4v) is 1.30. The van der Waals surface area contributed by atoms with Gasteiger partial charge in [-0.25, -0.2) is 0 Å². The van der Waals surface area contributed by atoms with Gasteiger partial charge in [0.05, 0.1) is 6.10 Å². The van der Waals surface area contributed by atoms with Gasteiger partial charge in [-0.3, -0.25) is 0 Å². The second-order valence-electron chi connectivity index (χ2n) is 3.48. The standard InChI is InChI=1S/C9H17NO/c1-6(5-10)7(2)9(4)8(3)11-9/h8H,5,10H2,1-4H3/b7-6-. The normalized spacial score (nSPS) is 38.5.